The highest BCUT2D eigenvalue weighted by atomic mass is 32.2. The summed E-state index contributed by atoms with van der Waals surface area (Å²) in [5.74, 6) is 0. The fraction of sp³-hybridized carbons (Fsp3) is 0.500. The molecule has 8 heteroatoms. The number of nitriles is 1. The molecule has 0 aromatic carbocycles. The molecule has 0 spiro atoms. The fourth-order valence-electron chi connectivity index (χ4n) is 1.85. The van der Waals surface area contributed by atoms with Crippen LogP contribution >= 0.6 is 0 Å². The van der Waals surface area contributed by atoms with Crippen molar-refractivity contribution in [3.8, 4) is 6.07 Å². The number of rotatable bonds is 4. The first-order valence-corrected chi connectivity index (χ1v) is 7.59. The van der Waals surface area contributed by atoms with Gasteiger partial charge in [0.1, 0.15) is 16.7 Å². The summed E-state index contributed by atoms with van der Waals surface area (Å²) in [5, 5.41) is 18.8. The van der Waals surface area contributed by atoms with Gasteiger partial charge in [-0.2, -0.15) is 5.26 Å². The summed E-state index contributed by atoms with van der Waals surface area (Å²) in [6.45, 7) is 0.756. The molecular formula is C12H15N3O4S. The van der Waals surface area contributed by atoms with Crippen LogP contribution in [0.25, 0.3) is 0 Å². The molecule has 2 heterocycles. The summed E-state index contributed by atoms with van der Waals surface area (Å²) >= 11 is 0. The topological polar surface area (TPSA) is 112 Å². The summed E-state index contributed by atoms with van der Waals surface area (Å²) in [7, 11) is -3.75. The molecule has 20 heavy (non-hydrogen) atoms. The third-order valence-corrected chi connectivity index (χ3v) is 4.56. The van der Waals surface area contributed by atoms with Crippen LogP contribution < -0.4 is 4.72 Å². The van der Waals surface area contributed by atoms with Gasteiger partial charge in [-0.25, -0.2) is 18.1 Å². The van der Waals surface area contributed by atoms with Gasteiger partial charge in [0, 0.05) is 38.8 Å². The maximum absolute atomic E-state index is 12.0. The van der Waals surface area contributed by atoms with Gasteiger partial charge in [-0.3, -0.25) is 0 Å². The minimum Gasteiger partial charge on any atom is -0.388 e. The van der Waals surface area contributed by atoms with E-state index in [1.165, 1.54) is 12.1 Å². The molecule has 2 N–H and O–H groups in total. The highest BCUT2D eigenvalue weighted by molar-refractivity contribution is 7.89. The zero-order valence-corrected chi connectivity index (χ0v) is 11.6. The van der Waals surface area contributed by atoms with Gasteiger partial charge in [-0.05, 0) is 12.1 Å². The predicted octanol–water partition coefficient (Wildman–Crippen LogP) is -0.227. The van der Waals surface area contributed by atoms with E-state index in [4.69, 9.17) is 10.00 Å². The van der Waals surface area contributed by atoms with Crippen molar-refractivity contribution < 1.29 is 18.3 Å². The lowest BCUT2D eigenvalue weighted by Gasteiger charge is -2.31. The molecule has 1 aliphatic heterocycles. The average molecular weight is 297 g/mol. The number of aliphatic hydroxyl groups is 1. The lowest BCUT2D eigenvalue weighted by Crippen LogP contribution is -2.46. The van der Waals surface area contributed by atoms with E-state index in [2.05, 4.69) is 9.71 Å². The van der Waals surface area contributed by atoms with E-state index in [-0.39, 0.29) is 17.1 Å². The molecule has 0 amide bonds. The number of sulfonamides is 1. The van der Waals surface area contributed by atoms with Crippen LogP contribution in [0.3, 0.4) is 0 Å². The SMILES string of the molecule is N#Cc1ccc(S(=O)(=O)NCC2(O)CCOCC2)cn1. The van der Waals surface area contributed by atoms with Gasteiger partial charge in [0.05, 0.1) is 5.60 Å². The monoisotopic (exact) mass is 297 g/mol. The molecule has 0 saturated carbocycles. The Balaban J connectivity index is 2.05. The second-order valence-corrected chi connectivity index (χ2v) is 6.42. The van der Waals surface area contributed by atoms with Crippen LogP contribution in [0.4, 0.5) is 0 Å². The van der Waals surface area contributed by atoms with E-state index < -0.39 is 15.6 Å². The summed E-state index contributed by atoms with van der Waals surface area (Å²) < 4.78 is 31.6. The molecule has 0 unspecified atom stereocenters. The van der Waals surface area contributed by atoms with Crippen LogP contribution in [-0.4, -0.2) is 43.9 Å². The van der Waals surface area contributed by atoms with Crippen molar-refractivity contribution in [3.05, 3.63) is 24.0 Å². The minimum absolute atomic E-state index is 0.0350. The van der Waals surface area contributed by atoms with E-state index >= 15 is 0 Å². The first kappa shape index (κ1) is 14.9. The Morgan fingerprint density at radius 1 is 1.45 bits per heavy atom. The zero-order valence-electron chi connectivity index (χ0n) is 10.7. The van der Waals surface area contributed by atoms with Crippen LogP contribution in [0.5, 0.6) is 0 Å². The van der Waals surface area contributed by atoms with Crippen LogP contribution in [0.15, 0.2) is 23.2 Å². The number of ether oxygens (including phenoxy) is 1. The quantitative estimate of drug-likeness (QED) is 0.794. The molecule has 108 valence electrons. The van der Waals surface area contributed by atoms with Gasteiger partial charge in [0.15, 0.2) is 0 Å². The van der Waals surface area contributed by atoms with Crippen LogP contribution in [0, 0.1) is 11.3 Å². The maximum atomic E-state index is 12.0. The lowest BCUT2D eigenvalue weighted by molar-refractivity contribution is -0.0588. The second kappa shape index (κ2) is 5.85. The van der Waals surface area contributed by atoms with E-state index in [0.717, 1.165) is 6.20 Å². The van der Waals surface area contributed by atoms with Gasteiger partial charge in [-0.15, -0.1) is 0 Å². The van der Waals surface area contributed by atoms with Gasteiger partial charge < -0.3 is 9.84 Å². The number of nitrogens with zero attached hydrogens (tertiary/aromatic N) is 2. The third kappa shape index (κ3) is 3.52. The summed E-state index contributed by atoms with van der Waals surface area (Å²) in [6.07, 6.45) is 1.90. The molecule has 1 aromatic heterocycles. The molecular weight excluding hydrogens is 282 g/mol. The molecule has 0 radical (unpaired) electrons. The Labute approximate surface area is 117 Å². The normalized spacial score (nSPS) is 18.4. The van der Waals surface area contributed by atoms with Crippen molar-refractivity contribution in [2.75, 3.05) is 19.8 Å². The first-order valence-electron chi connectivity index (χ1n) is 6.11. The van der Waals surface area contributed by atoms with Gasteiger partial charge in [-0.1, -0.05) is 0 Å². The number of pyridine rings is 1. The van der Waals surface area contributed by atoms with E-state index in [1.807, 2.05) is 6.07 Å². The van der Waals surface area contributed by atoms with E-state index in [0.29, 0.717) is 26.1 Å². The van der Waals surface area contributed by atoms with Crippen LogP contribution in [0.2, 0.25) is 0 Å². The number of hydrogen-bond donors (Lipinski definition) is 2. The number of aromatic nitrogens is 1. The van der Waals surface area contributed by atoms with Crippen molar-refractivity contribution >= 4 is 10.0 Å². The predicted molar refractivity (Wildman–Crippen MR) is 69.1 cm³/mol. The second-order valence-electron chi connectivity index (χ2n) is 4.65. The highest BCUT2D eigenvalue weighted by Gasteiger charge is 2.31. The minimum atomic E-state index is -3.75. The van der Waals surface area contributed by atoms with Gasteiger partial charge in [0.25, 0.3) is 0 Å². The largest absolute Gasteiger partial charge is 0.388 e. The van der Waals surface area contributed by atoms with Gasteiger partial charge in [0.2, 0.25) is 10.0 Å². The first-order chi connectivity index (χ1) is 9.45. The highest BCUT2D eigenvalue weighted by Crippen LogP contribution is 2.20. The lowest BCUT2D eigenvalue weighted by atomic mass is 9.95. The molecule has 0 bridgehead atoms. The summed E-state index contributed by atoms with van der Waals surface area (Å²) in [6, 6.07) is 4.45. The van der Waals surface area contributed by atoms with Crippen molar-refractivity contribution in [2.45, 2.75) is 23.3 Å². The third-order valence-electron chi connectivity index (χ3n) is 3.18. The van der Waals surface area contributed by atoms with Crippen LogP contribution in [-0.2, 0) is 14.8 Å². The van der Waals surface area contributed by atoms with Crippen molar-refractivity contribution in [2.24, 2.45) is 0 Å². The number of nitrogens with one attached hydrogen (secondary N) is 1. The van der Waals surface area contributed by atoms with Crippen molar-refractivity contribution in [1.29, 1.82) is 5.26 Å². The summed E-state index contributed by atoms with van der Waals surface area (Å²) in [5.41, 5.74) is -0.933. The number of hydrogen-bond acceptors (Lipinski definition) is 6. The zero-order chi connectivity index (χ0) is 14.6. The standard InChI is InChI=1S/C12H15N3O4S/c13-7-10-1-2-11(8-14-10)20(17,18)15-9-12(16)3-5-19-6-4-12/h1-2,8,15-16H,3-6,9H2. The molecule has 0 atom stereocenters. The maximum Gasteiger partial charge on any atom is 0.242 e. The molecule has 2 rings (SSSR count). The molecule has 1 aromatic rings. The molecule has 0 aliphatic carbocycles. The Bertz CT molecular complexity index is 601. The fourth-order valence-corrected chi connectivity index (χ4v) is 2.91. The van der Waals surface area contributed by atoms with Crippen molar-refractivity contribution in [1.82, 2.24) is 9.71 Å². The Morgan fingerprint density at radius 3 is 2.70 bits per heavy atom. The molecule has 1 saturated heterocycles. The smallest absolute Gasteiger partial charge is 0.242 e. The van der Waals surface area contributed by atoms with Crippen LogP contribution in [0.1, 0.15) is 18.5 Å². The molecule has 1 aliphatic rings. The van der Waals surface area contributed by atoms with E-state index in [9.17, 15) is 13.5 Å². The summed E-state index contributed by atoms with van der Waals surface area (Å²) in [4.78, 5) is 3.68. The van der Waals surface area contributed by atoms with Crippen molar-refractivity contribution in [3.63, 3.8) is 0 Å². The molecule has 1 fully saturated rings. The molecule has 7 nitrogen and oxygen atoms in total. The Morgan fingerprint density at radius 2 is 2.15 bits per heavy atom. The Kier molecular flexibility index (Phi) is 4.35. The van der Waals surface area contributed by atoms with Gasteiger partial charge >= 0.3 is 0 Å². The average Bonchev–Trinajstić information content (AvgIpc) is 2.46. The van der Waals surface area contributed by atoms with E-state index in [1.54, 1.807) is 0 Å². The Hall–Kier alpha value is -1.53.